The van der Waals surface area contributed by atoms with Gasteiger partial charge >= 0.3 is 12.0 Å². The van der Waals surface area contributed by atoms with Crippen LogP contribution >= 0.6 is 0 Å². The van der Waals surface area contributed by atoms with Gasteiger partial charge in [0.25, 0.3) is 0 Å². The summed E-state index contributed by atoms with van der Waals surface area (Å²) in [6, 6.07) is 6.48. The van der Waals surface area contributed by atoms with Gasteiger partial charge in [-0.2, -0.15) is 0 Å². The molecule has 1 fully saturated rings. The molecule has 0 saturated carbocycles. The molecule has 7 nitrogen and oxygen atoms in total. The Hall–Kier alpha value is -2.57. The topological polar surface area (TPSA) is 108 Å². The molecule has 0 bridgehead atoms. The largest absolute Gasteiger partial charge is 0.481 e. The van der Waals surface area contributed by atoms with Crippen LogP contribution in [0.25, 0.3) is 0 Å². The lowest BCUT2D eigenvalue weighted by Crippen LogP contribution is -2.42. The van der Waals surface area contributed by atoms with Crippen molar-refractivity contribution in [3.63, 3.8) is 0 Å². The van der Waals surface area contributed by atoms with Gasteiger partial charge in [0.05, 0.1) is 12.5 Å². The van der Waals surface area contributed by atoms with E-state index < -0.39 is 5.97 Å². The van der Waals surface area contributed by atoms with Crippen molar-refractivity contribution in [3.8, 4) is 0 Å². The predicted octanol–water partition coefficient (Wildman–Crippen LogP) is 0.00140. The summed E-state index contributed by atoms with van der Waals surface area (Å²) in [5, 5.41) is 16.8. The number of carbonyl (C=O) groups excluding carboxylic acids is 2. The zero-order valence-electron chi connectivity index (χ0n) is 11.4. The van der Waals surface area contributed by atoms with Crippen molar-refractivity contribution < 1.29 is 19.5 Å². The lowest BCUT2D eigenvalue weighted by Gasteiger charge is -2.13. The second-order valence-corrected chi connectivity index (χ2v) is 4.87. The van der Waals surface area contributed by atoms with E-state index in [4.69, 9.17) is 5.11 Å². The summed E-state index contributed by atoms with van der Waals surface area (Å²) in [6.07, 6.45) is 0.198. The van der Waals surface area contributed by atoms with E-state index in [0.29, 0.717) is 12.1 Å². The van der Waals surface area contributed by atoms with E-state index in [0.717, 1.165) is 5.56 Å². The molecule has 0 spiro atoms. The van der Waals surface area contributed by atoms with E-state index in [1.807, 2.05) is 0 Å². The summed E-state index contributed by atoms with van der Waals surface area (Å²) in [7, 11) is 0. The number of nitrogens with one attached hydrogen (secondary N) is 3. The molecule has 7 heteroatoms. The fourth-order valence-corrected chi connectivity index (χ4v) is 2.18. The summed E-state index contributed by atoms with van der Waals surface area (Å²) in [5.74, 6) is -0.991. The van der Waals surface area contributed by atoms with E-state index in [-0.39, 0.29) is 37.4 Å². The number of amides is 3. The predicted molar refractivity (Wildman–Crippen MR) is 74.6 cm³/mol. The van der Waals surface area contributed by atoms with Gasteiger partial charge in [0.2, 0.25) is 5.91 Å². The fourth-order valence-electron chi connectivity index (χ4n) is 2.18. The number of hydrogen-bond donors (Lipinski definition) is 4. The summed E-state index contributed by atoms with van der Waals surface area (Å²) >= 11 is 0. The third-order valence-corrected chi connectivity index (χ3v) is 3.21. The van der Waals surface area contributed by atoms with Crippen LogP contribution in [0.15, 0.2) is 24.3 Å². The Labute approximate surface area is 121 Å². The molecule has 21 heavy (non-hydrogen) atoms. The van der Waals surface area contributed by atoms with Gasteiger partial charge in [-0.1, -0.05) is 24.3 Å². The Bertz CT molecular complexity index is 559. The lowest BCUT2D eigenvalue weighted by atomic mass is 10.0. The number of carboxylic acids is 1. The molecular formula is C14H17N3O4. The summed E-state index contributed by atoms with van der Waals surface area (Å²) in [4.78, 5) is 33.5. The maximum atomic E-state index is 11.7. The Morgan fingerprint density at radius 3 is 2.62 bits per heavy atom. The summed E-state index contributed by atoms with van der Waals surface area (Å²) in [5.41, 5.74) is 1.43. The van der Waals surface area contributed by atoms with Crippen molar-refractivity contribution in [1.29, 1.82) is 0 Å². The Morgan fingerprint density at radius 1 is 1.29 bits per heavy atom. The van der Waals surface area contributed by atoms with Gasteiger partial charge < -0.3 is 21.1 Å². The number of aliphatic carboxylic acids is 1. The number of carbonyl (C=O) groups is 3. The monoisotopic (exact) mass is 291 g/mol. The van der Waals surface area contributed by atoms with Crippen LogP contribution in [0.4, 0.5) is 4.79 Å². The highest BCUT2D eigenvalue weighted by Crippen LogP contribution is 2.09. The maximum absolute atomic E-state index is 11.7. The van der Waals surface area contributed by atoms with Crippen molar-refractivity contribution >= 4 is 17.9 Å². The molecular weight excluding hydrogens is 274 g/mol. The van der Waals surface area contributed by atoms with E-state index in [1.54, 1.807) is 24.3 Å². The summed E-state index contributed by atoms with van der Waals surface area (Å²) in [6.45, 7) is 0.672. The molecule has 1 unspecified atom stereocenters. The molecule has 3 amide bonds. The van der Waals surface area contributed by atoms with Gasteiger partial charge in [0.1, 0.15) is 0 Å². The smallest absolute Gasteiger partial charge is 0.315 e. The van der Waals surface area contributed by atoms with Gasteiger partial charge in [-0.15, -0.1) is 0 Å². The first-order valence-electron chi connectivity index (χ1n) is 6.64. The third kappa shape index (κ3) is 4.48. The van der Waals surface area contributed by atoms with Crippen LogP contribution in [0.3, 0.4) is 0 Å². The highest BCUT2D eigenvalue weighted by Gasteiger charge is 2.22. The second-order valence-electron chi connectivity index (χ2n) is 4.87. The van der Waals surface area contributed by atoms with Crippen LogP contribution < -0.4 is 16.0 Å². The highest BCUT2D eigenvalue weighted by molar-refractivity contribution is 5.81. The van der Waals surface area contributed by atoms with Gasteiger partial charge in [0.15, 0.2) is 0 Å². The Balaban J connectivity index is 1.86. The molecule has 1 saturated heterocycles. The minimum absolute atomic E-state index is 0.0768. The molecule has 112 valence electrons. The first-order valence-corrected chi connectivity index (χ1v) is 6.64. The number of rotatable bonds is 5. The first kappa shape index (κ1) is 14.8. The van der Waals surface area contributed by atoms with Crippen LogP contribution in [-0.2, 0) is 22.6 Å². The van der Waals surface area contributed by atoms with Crippen molar-refractivity contribution in [2.75, 3.05) is 6.54 Å². The maximum Gasteiger partial charge on any atom is 0.315 e. The molecule has 1 atom stereocenters. The average Bonchev–Trinajstić information content (AvgIpc) is 2.82. The number of hydrogen-bond acceptors (Lipinski definition) is 3. The number of carboxylic acid groups (broad SMARTS) is 1. The fraction of sp³-hybridized carbons (Fsp3) is 0.357. The SMILES string of the molecule is O=C(O)Cc1ccccc1CNC(=O)NC1CNC(=O)C1. The summed E-state index contributed by atoms with van der Waals surface area (Å²) < 4.78 is 0. The van der Waals surface area contributed by atoms with Gasteiger partial charge in [-0.25, -0.2) is 4.79 Å². The van der Waals surface area contributed by atoms with Crippen molar-refractivity contribution in [2.45, 2.75) is 25.4 Å². The van der Waals surface area contributed by atoms with Crippen LogP contribution in [-0.4, -0.2) is 35.6 Å². The van der Waals surface area contributed by atoms with E-state index in [1.165, 1.54) is 0 Å². The quantitative estimate of drug-likeness (QED) is 0.612. The standard InChI is InChI=1S/C14H17N3O4/c18-12-6-11(8-15-12)17-14(21)16-7-10-4-2-1-3-9(10)5-13(19)20/h1-4,11H,5-8H2,(H,15,18)(H,19,20)(H2,16,17,21). The zero-order chi connectivity index (χ0) is 15.2. The van der Waals surface area contributed by atoms with Crippen LogP contribution in [0, 0.1) is 0 Å². The molecule has 4 N–H and O–H groups in total. The second kappa shape index (κ2) is 6.74. The van der Waals surface area contributed by atoms with E-state index >= 15 is 0 Å². The molecule has 0 aliphatic carbocycles. The van der Waals surface area contributed by atoms with E-state index in [2.05, 4.69) is 16.0 Å². The molecule has 1 aromatic carbocycles. The van der Waals surface area contributed by atoms with E-state index in [9.17, 15) is 14.4 Å². The highest BCUT2D eigenvalue weighted by atomic mass is 16.4. The molecule has 1 aliphatic heterocycles. The van der Waals surface area contributed by atoms with Crippen LogP contribution in [0.2, 0.25) is 0 Å². The van der Waals surface area contributed by atoms with Crippen LogP contribution in [0.1, 0.15) is 17.5 Å². The molecule has 0 aromatic heterocycles. The van der Waals surface area contributed by atoms with Crippen molar-refractivity contribution in [2.24, 2.45) is 0 Å². The average molecular weight is 291 g/mol. The third-order valence-electron chi connectivity index (χ3n) is 3.21. The molecule has 0 radical (unpaired) electrons. The van der Waals surface area contributed by atoms with Gasteiger partial charge in [-0.05, 0) is 11.1 Å². The Morgan fingerprint density at radius 2 is 2.00 bits per heavy atom. The molecule has 1 heterocycles. The van der Waals surface area contributed by atoms with Crippen LogP contribution in [0.5, 0.6) is 0 Å². The molecule has 1 aromatic rings. The lowest BCUT2D eigenvalue weighted by molar-refractivity contribution is -0.136. The van der Waals surface area contributed by atoms with Gasteiger partial charge in [-0.3, -0.25) is 9.59 Å². The molecule has 2 rings (SSSR count). The number of urea groups is 1. The number of benzene rings is 1. The minimum Gasteiger partial charge on any atom is -0.481 e. The van der Waals surface area contributed by atoms with Gasteiger partial charge in [0, 0.05) is 19.5 Å². The Kier molecular flexibility index (Phi) is 4.76. The molecule has 1 aliphatic rings. The zero-order valence-corrected chi connectivity index (χ0v) is 11.4. The van der Waals surface area contributed by atoms with Crippen molar-refractivity contribution in [1.82, 2.24) is 16.0 Å². The minimum atomic E-state index is -0.914. The van der Waals surface area contributed by atoms with Crippen molar-refractivity contribution in [3.05, 3.63) is 35.4 Å². The first-order chi connectivity index (χ1) is 10.0. The normalized spacial score (nSPS) is 17.1.